The summed E-state index contributed by atoms with van der Waals surface area (Å²) in [5.74, 6) is -0.121. The largest absolute Gasteiger partial charge is 0.496 e. The fraction of sp³-hybridized carbons (Fsp3) is 0.120. The number of amides is 1. The number of benzene rings is 3. The van der Waals surface area contributed by atoms with Crippen LogP contribution in [0.2, 0.25) is 0 Å². The van der Waals surface area contributed by atoms with E-state index >= 15 is 0 Å². The summed E-state index contributed by atoms with van der Waals surface area (Å²) in [6.07, 6.45) is 0. The SMILES string of the molecule is COc1ccc(NC(=O)c2cc(-c3ccc(C)cc3C)nc3ccccc23)c([N+](=O)[O-])c1. The summed E-state index contributed by atoms with van der Waals surface area (Å²) in [5.41, 5.74) is 4.67. The van der Waals surface area contributed by atoms with Crippen LogP contribution in [0.15, 0.2) is 66.7 Å². The average Bonchev–Trinajstić information content (AvgIpc) is 2.78. The normalized spacial score (nSPS) is 10.7. The van der Waals surface area contributed by atoms with Gasteiger partial charge in [0.15, 0.2) is 0 Å². The van der Waals surface area contributed by atoms with Crippen LogP contribution in [0.25, 0.3) is 22.2 Å². The fourth-order valence-electron chi connectivity index (χ4n) is 3.69. The number of nitrogens with one attached hydrogen (secondary N) is 1. The van der Waals surface area contributed by atoms with Crippen LogP contribution in [0.5, 0.6) is 5.75 Å². The Labute approximate surface area is 184 Å². The van der Waals surface area contributed by atoms with Crippen molar-refractivity contribution in [2.75, 3.05) is 12.4 Å². The van der Waals surface area contributed by atoms with Gasteiger partial charge in [0.2, 0.25) is 0 Å². The van der Waals surface area contributed by atoms with E-state index in [4.69, 9.17) is 9.72 Å². The molecule has 4 rings (SSSR count). The maximum absolute atomic E-state index is 13.3. The van der Waals surface area contributed by atoms with Crippen LogP contribution >= 0.6 is 0 Å². The molecule has 0 fully saturated rings. The van der Waals surface area contributed by atoms with Crippen molar-refractivity contribution < 1.29 is 14.5 Å². The number of aromatic nitrogens is 1. The number of pyridine rings is 1. The molecule has 0 spiro atoms. The predicted molar refractivity (Wildman–Crippen MR) is 124 cm³/mol. The summed E-state index contributed by atoms with van der Waals surface area (Å²) in [7, 11) is 1.43. The van der Waals surface area contributed by atoms with E-state index in [0.717, 1.165) is 16.7 Å². The van der Waals surface area contributed by atoms with Crippen LogP contribution < -0.4 is 10.1 Å². The van der Waals surface area contributed by atoms with E-state index in [2.05, 4.69) is 11.4 Å². The van der Waals surface area contributed by atoms with Crippen molar-refractivity contribution in [1.82, 2.24) is 4.98 Å². The minimum atomic E-state index is -0.552. The molecule has 0 aliphatic carbocycles. The summed E-state index contributed by atoms with van der Waals surface area (Å²) < 4.78 is 5.07. The summed E-state index contributed by atoms with van der Waals surface area (Å²) in [4.78, 5) is 29.0. The molecule has 0 radical (unpaired) electrons. The van der Waals surface area contributed by atoms with Gasteiger partial charge >= 0.3 is 0 Å². The minimum Gasteiger partial charge on any atom is -0.496 e. The third kappa shape index (κ3) is 4.00. The first kappa shape index (κ1) is 21.0. The zero-order valence-electron chi connectivity index (χ0n) is 17.9. The van der Waals surface area contributed by atoms with Crippen LogP contribution in [-0.4, -0.2) is 22.9 Å². The molecule has 0 bridgehead atoms. The molecule has 1 N–H and O–H groups in total. The van der Waals surface area contributed by atoms with Crippen LogP contribution in [0.4, 0.5) is 11.4 Å². The Bertz CT molecular complexity index is 1360. The van der Waals surface area contributed by atoms with Gasteiger partial charge in [-0.05, 0) is 43.7 Å². The number of aryl methyl sites for hydroxylation is 2. The Balaban J connectivity index is 1.82. The third-order valence-corrected chi connectivity index (χ3v) is 5.27. The highest BCUT2D eigenvalue weighted by Crippen LogP contribution is 2.31. The van der Waals surface area contributed by atoms with E-state index in [1.807, 2.05) is 50.2 Å². The first-order chi connectivity index (χ1) is 15.4. The van der Waals surface area contributed by atoms with E-state index in [-0.39, 0.29) is 11.4 Å². The number of nitrogens with zero attached hydrogens (tertiary/aromatic N) is 2. The zero-order chi connectivity index (χ0) is 22.8. The first-order valence-electron chi connectivity index (χ1n) is 9.98. The van der Waals surface area contributed by atoms with Gasteiger partial charge in [-0.15, -0.1) is 0 Å². The highest BCUT2D eigenvalue weighted by molar-refractivity contribution is 6.13. The monoisotopic (exact) mass is 427 g/mol. The van der Waals surface area contributed by atoms with Crippen molar-refractivity contribution >= 4 is 28.2 Å². The lowest BCUT2D eigenvalue weighted by Gasteiger charge is -2.13. The Kier molecular flexibility index (Phi) is 5.55. The number of carbonyl (C=O) groups is 1. The highest BCUT2D eigenvalue weighted by atomic mass is 16.6. The van der Waals surface area contributed by atoms with E-state index in [1.165, 1.54) is 19.2 Å². The Hall–Kier alpha value is -4.26. The molecule has 32 heavy (non-hydrogen) atoms. The molecule has 160 valence electrons. The number of ether oxygens (including phenoxy) is 1. The van der Waals surface area contributed by atoms with Gasteiger partial charge in [0.25, 0.3) is 11.6 Å². The molecule has 1 heterocycles. The second-order valence-corrected chi connectivity index (χ2v) is 7.48. The summed E-state index contributed by atoms with van der Waals surface area (Å²) >= 11 is 0. The lowest BCUT2D eigenvalue weighted by molar-refractivity contribution is -0.384. The molecule has 0 unspecified atom stereocenters. The second kappa shape index (κ2) is 8.47. The van der Waals surface area contributed by atoms with Gasteiger partial charge in [-0.25, -0.2) is 4.98 Å². The molecule has 7 heteroatoms. The standard InChI is InChI=1S/C25H21N3O4/c1-15-8-10-18(16(2)12-15)23-14-20(19-6-4-5-7-21(19)26-23)25(29)27-22-11-9-17(32-3)13-24(22)28(30)31/h4-14H,1-3H3,(H,27,29). The van der Waals surface area contributed by atoms with Gasteiger partial charge in [0, 0.05) is 10.9 Å². The molecule has 1 aromatic heterocycles. The van der Waals surface area contributed by atoms with Crippen molar-refractivity contribution in [3.8, 4) is 17.0 Å². The highest BCUT2D eigenvalue weighted by Gasteiger charge is 2.20. The number of nitro benzene ring substituents is 1. The topological polar surface area (TPSA) is 94.4 Å². The molecule has 1 amide bonds. The summed E-state index contributed by atoms with van der Waals surface area (Å²) in [6, 6.07) is 19.4. The Morgan fingerprint density at radius 1 is 1.03 bits per heavy atom. The molecular weight excluding hydrogens is 406 g/mol. The number of rotatable bonds is 5. The molecule has 0 saturated heterocycles. The molecule has 0 saturated carbocycles. The molecule has 0 atom stereocenters. The molecular formula is C25H21N3O4. The van der Waals surface area contributed by atoms with Crippen molar-refractivity contribution in [3.63, 3.8) is 0 Å². The molecule has 4 aromatic rings. The van der Waals surface area contributed by atoms with E-state index in [0.29, 0.717) is 27.9 Å². The van der Waals surface area contributed by atoms with Crippen molar-refractivity contribution in [1.29, 1.82) is 0 Å². The van der Waals surface area contributed by atoms with Crippen molar-refractivity contribution in [2.24, 2.45) is 0 Å². The van der Waals surface area contributed by atoms with Gasteiger partial charge in [-0.1, -0.05) is 42.0 Å². The van der Waals surface area contributed by atoms with Crippen molar-refractivity contribution in [3.05, 3.63) is 93.5 Å². The predicted octanol–water partition coefficient (Wildman–Crippen LogP) is 5.69. The minimum absolute atomic E-state index is 0.0924. The van der Waals surface area contributed by atoms with Gasteiger partial charge in [-0.3, -0.25) is 14.9 Å². The lowest BCUT2D eigenvalue weighted by atomic mass is 9.99. The quantitative estimate of drug-likeness (QED) is 0.326. The number of hydrogen-bond acceptors (Lipinski definition) is 5. The van der Waals surface area contributed by atoms with Gasteiger partial charge in [0.1, 0.15) is 11.4 Å². The smallest absolute Gasteiger partial charge is 0.296 e. The van der Waals surface area contributed by atoms with Gasteiger partial charge in [0.05, 0.1) is 34.9 Å². The first-order valence-corrected chi connectivity index (χ1v) is 9.98. The Morgan fingerprint density at radius 2 is 1.81 bits per heavy atom. The van der Waals surface area contributed by atoms with Gasteiger partial charge < -0.3 is 10.1 Å². The number of carbonyl (C=O) groups excluding carboxylic acids is 1. The number of hydrogen-bond donors (Lipinski definition) is 1. The fourth-order valence-corrected chi connectivity index (χ4v) is 3.69. The second-order valence-electron chi connectivity index (χ2n) is 7.48. The van der Waals surface area contributed by atoms with Crippen LogP contribution in [0.3, 0.4) is 0 Å². The number of nitro groups is 1. The maximum atomic E-state index is 13.3. The number of methoxy groups -OCH3 is 1. The van der Waals surface area contributed by atoms with E-state index < -0.39 is 10.8 Å². The molecule has 0 aliphatic rings. The summed E-state index contributed by atoms with van der Waals surface area (Å²) in [5, 5.41) is 14.9. The number of para-hydroxylation sites is 1. The maximum Gasteiger partial charge on any atom is 0.296 e. The average molecular weight is 427 g/mol. The number of fused-ring (bicyclic) bond motifs is 1. The van der Waals surface area contributed by atoms with Gasteiger partial charge in [-0.2, -0.15) is 0 Å². The van der Waals surface area contributed by atoms with Crippen LogP contribution in [0, 0.1) is 24.0 Å². The number of anilines is 1. The molecule has 3 aromatic carbocycles. The zero-order valence-corrected chi connectivity index (χ0v) is 17.9. The molecule has 7 nitrogen and oxygen atoms in total. The molecule has 0 aliphatic heterocycles. The van der Waals surface area contributed by atoms with E-state index in [1.54, 1.807) is 12.1 Å². The van der Waals surface area contributed by atoms with E-state index in [9.17, 15) is 14.9 Å². The van der Waals surface area contributed by atoms with Crippen LogP contribution in [0.1, 0.15) is 21.5 Å². The summed E-state index contributed by atoms with van der Waals surface area (Å²) in [6.45, 7) is 4.02. The Morgan fingerprint density at radius 3 is 2.53 bits per heavy atom. The third-order valence-electron chi connectivity index (χ3n) is 5.27. The van der Waals surface area contributed by atoms with Crippen molar-refractivity contribution in [2.45, 2.75) is 13.8 Å². The van der Waals surface area contributed by atoms with Crippen LogP contribution in [-0.2, 0) is 0 Å². The lowest BCUT2D eigenvalue weighted by Crippen LogP contribution is -2.14.